The fourth-order valence-corrected chi connectivity index (χ4v) is 1.97. The Morgan fingerprint density at radius 3 is 2.68 bits per heavy atom. The monoisotopic (exact) mass is 259 g/mol. The summed E-state index contributed by atoms with van der Waals surface area (Å²) in [6.45, 7) is 3.78. The molecule has 1 N–H and O–H groups in total. The van der Waals surface area contributed by atoms with Gasteiger partial charge in [0.2, 0.25) is 0 Å². The molecule has 0 bridgehead atoms. The van der Waals surface area contributed by atoms with Crippen molar-refractivity contribution in [1.29, 1.82) is 0 Å². The zero-order valence-corrected chi connectivity index (χ0v) is 11.5. The van der Waals surface area contributed by atoms with E-state index >= 15 is 0 Å². The van der Waals surface area contributed by atoms with Crippen LogP contribution >= 0.6 is 0 Å². The van der Waals surface area contributed by atoms with Gasteiger partial charge in [0, 0.05) is 32.1 Å². The van der Waals surface area contributed by atoms with Crippen molar-refractivity contribution < 1.29 is 4.74 Å². The molecule has 2 rings (SSSR count). The molecular weight excluding hydrogens is 238 g/mol. The van der Waals surface area contributed by atoms with Gasteiger partial charge in [-0.3, -0.25) is 0 Å². The van der Waals surface area contributed by atoms with Crippen molar-refractivity contribution in [3.8, 4) is 5.69 Å². The Labute approximate surface area is 114 Å². The van der Waals surface area contributed by atoms with Gasteiger partial charge in [-0.25, -0.2) is 4.68 Å². The Hall–Kier alpha value is -1.65. The highest BCUT2D eigenvalue weighted by Crippen LogP contribution is 2.08. The fraction of sp³-hybridized carbons (Fsp3) is 0.400. The molecule has 4 heteroatoms. The molecule has 4 nitrogen and oxygen atoms in total. The van der Waals surface area contributed by atoms with Crippen LogP contribution in [0.2, 0.25) is 0 Å². The van der Waals surface area contributed by atoms with Crippen molar-refractivity contribution in [1.82, 2.24) is 15.1 Å². The maximum absolute atomic E-state index is 5.18. The normalized spacial score (nSPS) is 12.5. The first-order valence-electron chi connectivity index (χ1n) is 6.64. The Morgan fingerprint density at radius 2 is 2.11 bits per heavy atom. The zero-order chi connectivity index (χ0) is 13.5. The molecule has 0 saturated carbocycles. The summed E-state index contributed by atoms with van der Waals surface area (Å²) in [5.74, 6) is 0. The molecule has 1 unspecified atom stereocenters. The van der Waals surface area contributed by atoms with Gasteiger partial charge in [0.25, 0.3) is 0 Å². The van der Waals surface area contributed by atoms with Crippen LogP contribution < -0.4 is 5.32 Å². The molecule has 2 aromatic rings. The number of hydrogen-bond donors (Lipinski definition) is 1. The van der Waals surface area contributed by atoms with E-state index in [4.69, 9.17) is 4.74 Å². The molecule has 0 fully saturated rings. The lowest BCUT2D eigenvalue weighted by Gasteiger charge is -2.16. The van der Waals surface area contributed by atoms with Crippen molar-refractivity contribution in [3.05, 3.63) is 48.3 Å². The predicted molar refractivity (Wildman–Crippen MR) is 76.4 cm³/mol. The van der Waals surface area contributed by atoms with Crippen molar-refractivity contribution in [2.24, 2.45) is 0 Å². The minimum atomic E-state index is 0.413. The Kier molecular flexibility index (Phi) is 5.12. The Morgan fingerprint density at radius 1 is 1.32 bits per heavy atom. The van der Waals surface area contributed by atoms with E-state index in [9.17, 15) is 0 Å². The number of benzene rings is 1. The molecule has 0 aliphatic rings. The molecular formula is C15H21N3O. The van der Waals surface area contributed by atoms with Crippen molar-refractivity contribution in [2.45, 2.75) is 25.9 Å². The molecule has 1 atom stereocenters. The average Bonchev–Trinajstić information content (AvgIpc) is 2.98. The third-order valence-corrected chi connectivity index (χ3v) is 3.16. The molecule has 0 aliphatic carbocycles. The first kappa shape index (κ1) is 13.8. The number of nitrogens with zero attached hydrogens (tertiary/aromatic N) is 2. The van der Waals surface area contributed by atoms with Crippen molar-refractivity contribution >= 4 is 0 Å². The third-order valence-electron chi connectivity index (χ3n) is 3.16. The standard InChI is InChI=1S/C15H21N3O/c1-3-14(12-19-2)16-11-13-5-7-15(8-6-13)18-10-4-9-17-18/h4-10,14,16H,3,11-12H2,1-2H3. The molecule has 1 heterocycles. The van der Waals surface area contributed by atoms with E-state index in [1.807, 2.05) is 16.9 Å². The molecule has 102 valence electrons. The van der Waals surface area contributed by atoms with Crippen LogP contribution in [0.5, 0.6) is 0 Å². The maximum atomic E-state index is 5.18. The number of aromatic nitrogens is 2. The third kappa shape index (κ3) is 3.91. The zero-order valence-electron chi connectivity index (χ0n) is 11.5. The molecule has 1 aromatic heterocycles. The molecule has 0 aliphatic heterocycles. The van der Waals surface area contributed by atoms with Crippen LogP contribution in [0, 0.1) is 0 Å². The Bertz CT molecular complexity index is 465. The summed E-state index contributed by atoms with van der Waals surface area (Å²) in [6, 6.07) is 10.8. The predicted octanol–water partition coefficient (Wildman–Crippen LogP) is 2.39. The highest BCUT2D eigenvalue weighted by molar-refractivity contribution is 5.33. The highest BCUT2D eigenvalue weighted by atomic mass is 16.5. The van der Waals surface area contributed by atoms with Crippen LogP contribution in [0.25, 0.3) is 5.69 Å². The van der Waals surface area contributed by atoms with Crippen LogP contribution in [-0.4, -0.2) is 29.5 Å². The van der Waals surface area contributed by atoms with Gasteiger partial charge in [0.1, 0.15) is 0 Å². The second-order valence-electron chi connectivity index (χ2n) is 4.56. The number of rotatable bonds is 7. The largest absolute Gasteiger partial charge is 0.383 e. The van der Waals surface area contributed by atoms with Crippen molar-refractivity contribution in [2.75, 3.05) is 13.7 Å². The highest BCUT2D eigenvalue weighted by Gasteiger charge is 2.04. The van der Waals surface area contributed by atoms with E-state index in [0.717, 1.165) is 25.3 Å². The lowest BCUT2D eigenvalue weighted by molar-refractivity contribution is 0.164. The summed E-state index contributed by atoms with van der Waals surface area (Å²) in [6.07, 6.45) is 4.80. The van der Waals surface area contributed by atoms with E-state index in [1.165, 1.54) is 5.56 Å². The summed E-state index contributed by atoms with van der Waals surface area (Å²) in [5.41, 5.74) is 2.35. The van der Waals surface area contributed by atoms with E-state index in [0.29, 0.717) is 6.04 Å². The number of ether oxygens (including phenoxy) is 1. The minimum Gasteiger partial charge on any atom is -0.383 e. The first-order chi connectivity index (χ1) is 9.33. The maximum Gasteiger partial charge on any atom is 0.0645 e. The quantitative estimate of drug-likeness (QED) is 0.830. The second kappa shape index (κ2) is 7.07. The van der Waals surface area contributed by atoms with Gasteiger partial charge in [-0.05, 0) is 30.2 Å². The van der Waals surface area contributed by atoms with Crippen molar-refractivity contribution in [3.63, 3.8) is 0 Å². The molecule has 0 amide bonds. The van der Waals surface area contributed by atoms with Crippen LogP contribution in [-0.2, 0) is 11.3 Å². The van der Waals surface area contributed by atoms with Gasteiger partial charge in [0.05, 0.1) is 12.3 Å². The molecule has 19 heavy (non-hydrogen) atoms. The van der Waals surface area contributed by atoms with Gasteiger partial charge in [0.15, 0.2) is 0 Å². The van der Waals surface area contributed by atoms with Crippen LogP contribution in [0.3, 0.4) is 0 Å². The summed E-state index contributed by atoms with van der Waals surface area (Å²) < 4.78 is 7.04. The summed E-state index contributed by atoms with van der Waals surface area (Å²) in [7, 11) is 1.74. The second-order valence-corrected chi connectivity index (χ2v) is 4.56. The molecule has 0 spiro atoms. The lowest BCUT2D eigenvalue weighted by atomic mass is 10.2. The van der Waals surface area contributed by atoms with Crippen LogP contribution in [0.15, 0.2) is 42.7 Å². The fourth-order valence-electron chi connectivity index (χ4n) is 1.97. The number of nitrogens with one attached hydrogen (secondary N) is 1. The van der Waals surface area contributed by atoms with Crippen LogP contribution in [0.4, 0.5) is 0 Å². The van der Waals surface area contributed by atoms with Crippen LogP contribution in [0.1, 0.15) is 18.9 Å². The van der Waals surface area contributed by atoms with E-state index < -0.39 is 0 Å². The average molecular weight is 259 g/mol. The van der Waals surface area contributed by atoms with Gasteiger partial charge in [-0.1, -0.05) is 19.1 Å². The van der Waals surface area contributed by atoms with Gasteiger partial charge < -0.3 is 10.1 Å². The SMILES string of the molecule is CCC(COC)NCc1ccc(-n2cccn2)cc1. The summed E-state index contributed by atoms with van der Waals surface area (Å²) >= 11 is 0. The lowest BCUT2D eigenvalue weighted by Crippen LogP contribution is -2.31. The van der Waals surface area contributed by atoms with E-state index in [1.54, 1.807) is 13.3 Å². The summed E-state index contributed by atoms with van der Waals surface area (Å²) in [5, 5.41) is 7.71. The Balaban J connectivity index is 1.92. The molecule has 1 aromatic carbocycles. The van der Waals surface area contributed by atoms with Gasteiger partial charge in [-0.2, -0.15) is 5.10 Å². The van der Waals surface area contributed by atoms with Gasteiger partial charge >= 0.3 is 0 Å². The topological polar surface area (TPSA) is 39.1 Å². The molecule has 0 saturated heterocycles. The smallest absolute Gasteiger partial charge is 0.0645 e. The number of methoxy groups -OCH3 is 1. The molecule has 0 radical (unpaired) electrons. The first-order valence-corrected chi connectivity index (χ1v) is 6.64. The van der Waals surface area contributed by atoms with Gasteiger partial charge in [-0.15, -0.1) is 0 Å². The number of hydrogen-bond acceptors (Lipinski definition) is 3. The minimum absolute atomic E-state index is 0.413. The van der Waals surface area contributed by atoms with E-state index in [2.05, 4.69) is 41.6 Å². The van der Waals surface area contributed by atoms with E-state index in [-0.39, 0.29) is 0 Å². The summed E-state index contributed by atoms with van der Waals surface area (Å²) in [4.78, 5) is 0.